The summed E-state index contributed by atoms with van der Waals surface area (Å²) in [4.78, 5) is 24.0. The molecule has 6 nitrogen and oxygen atoms in total. The molecule has 2 aromatic rings. The zero-order valence-corrected chi connectivity index (χ0v) is 12.9. The first-order chi connectivity index (χ1) is 10.5. The van der Waals surface area contributed by atoms with Crippen LogP contribution >= 0.6 is 15.9 Å². The van der Waals surface area contributed by atoms with Gasteiger partial charge in [0.2, 0.25) is 0 Å². The van der Waals surface area contributed by atoms with Crippen molar-refractivity contribution in [3.05, 3.63) is 49.0 Å². The van der Waals surface area contributed by atoms with Crippen LogP contribution in [0.3, 0.4) is 0 Å². The van der Waals surface area contributed by atoms with E-state index in [9.17, 15) is 32.3 Å². The number of rotatable bonds is 1. The summed E-state index contributed by atoms with van der Waals surface area (Å²) in [5.74, 6) is -1.83. The number of phenolic OH excluding ortho intramolecular Hbond substituents is 1. The Balaban J connectivity index is 2.94. The largest absolute Gasteiger partial charge is 0.505 e. The fourth-order valence-electron chi connectivity index (χ4n) is 1.95. The van der Waals surface area contributed by atoms with Crippen molar-refractivity contribution < 1.29 is 22.7 Å². The molecule has 11 heteroatoms. The summed E-state index contributed by atoms with van der Waals surface area (Å²) >= 11 is 2.80. The number of alkyl halides is 3. The highest BCUT2D eigenvalue weighted by molar-refractivity contribution is 9.10. The van der Waals surface area contributed by atoms with E-state index >= 15 is 0 Å². The molecule has 1 aromatic carbocycles. The molecule has 1 heterocycles. The van der Waals surface area contributed by atoms with Gasteiger partial charge in [-0.25, -0.2) is 13.8 Å². The monoisotopic (exact) mass is 397 g/mol. The van der Waals surface area contributed by atoms with Gasteiger partial charge in [-0.3, -0.25) is 9.36 Å². The van der Waals surface area contributed by atoms with E-state index in [2.05, 4.69) is 15.9 Å². The average Bonchev–Trinajstić information content (AvgIpc) is 2.42. The Labute approximate surface area is 133 Å². The minimum absolute atomic E-state index is 0.117. The number of nitrogens with zero attached hydrogens (tertiary/aromatic N) is 2. The summed E-state index contributed by atoms with van der Waals surface area (Å²) in [6, 6.07) is 0.865. The maximum Gasteiger partial charge on any atom is 0.431 e. The van der Waals surface area contributed by atoms with Crippen molar-refractivity contribution in [2.75, 3.05) is 5.73 Å². The van der Waals surface area contributed by atoms with Crippen molar-refractivity contribution >= 4 is 21.6 Å². The Morgan fingerprint density at radius 1 is 1.26 bits per heavy atom. The standard InChI is InChI=1S/C12H8BrF4N3O3/c1-19-6(12(15,16)17)3-7(21)20(11(19)23)9-5(14)2-4(13)10(22)8(9)18/h2-3,22H,18H2,1H3. The van der Waals surface area contributed by atoms with E-state index in [4.69, 9.17) is 5.73 Å². The average molecular weight is 398 g/mol. The van der Waals surface area contributed by atoms with Gasteiger partial charge in [-0.1, -0.05) is 0 Å². The zero-order valence-electron chi connectivity index (χ0n) is 11.3. The minimum Gasteiger partial charge on any atom is -0.505 e. The molecule has 124 valence electrons. The summed E-state index contributed by atoms with van der Waals surface area (Å²) in [5, 5.41) is 9.67. The van der Waals surface area contributed by atoms with Crippen LogP contribution in [-0.4, -0.2) is 14.2 Å². The number of hydrogen-bond donors (Lipinski definition) is 2. The summed E-state index contributed by atoms with van der Waals surface area (Å²) < 4.78 is 52.5. The number of nitrogen functional groups attached to an aromatic ring is 1. The van der Waals surface area contributed by atoms with E-state index in [1.54, 1.807) is 0 Å². The Morgan fingerprint density at radius 3 is 2.35 bits per heavy atom. The van der Waals surface area contributed by atoms with Gasteiger partial charge in [0.05, 0.1) is 4.47 Å². The smallest absolute Gasteiger partial charge is 0.431 e. The third kappa shape index (κ3) is 2.71. The lowest BCUT2D eigenvalue weighted by Gasteiger charge is -2.16. The molecule has 0 aliphatic carbocycles. The summed E-state index contributed by atoms with van der Waals surface area (Å²) in [6.45, 7) is 0. The highest BCUT2D eigenvalue weighted by Crippen LogP contribution is 2.36. The number of phenols is 1. The number of anilines is 1. The van der Waals surface area contributed by atoms with Crippen molar-refractivity contribution in [2.24, 2.45) is 7.05 Å². The minimum atomic E-state index is -4.95. The molecule has 0 saturated carbocycles. The van der Waals surface area contributed by atoms with Gasteiger partial charge < -0.3 is 10.8 Å². The van der Waals surface area contributed by atoms with Crippen LogP contribution in [0.1, 0.15) is 5.69 Å². The molecule has 1 aromatic heterocycles. The second-order valence-electron chi connectivity index (χ2n) is 4.49. The maximum atomic E-state index is 14.1. The van der Waals surface area contributed by atoms with E-state index in [1.165, 1.54) is 0 Å². The molecule has 23 heavy (non-hydrogen) atoms. The highest BCUT2D eigenvalue weighted by Gasteiger charge is 2.35. The first-order valence-corrected chi connectivity index (χ1v) is 6.63. The van der Waals surface area contributed by atoms with Gasteiger partial charge in [-0.15, -0.1) is 0 Å². The SMILES string of the molecule is Cn1c(C(F)(F)F)cc(=O)n(-c2c(F)cc(Br)c(O)c2N)c1=O. The van der Waals surface area contributed by atoms with Gasteiger partial charge in [0, 0.05) is 13.1 Å². The molecule has 0 unspecified atom stereocenters. The molecule has 0 aliphatic rings. The predicted octanol–water partition coefficient (Wildman–Crippen LogP) is 1.74. The zero-order chi connectivity index (χ0) is 17.7. The van der Waals surface area contributed by atoms with E-state index in [0.29, 0.717) is 0 Å². The van der Waals surface area contributed by atoms with Crippen LogP contribution in [0, 0.1) is 5.82 Å². The molecule has 0 spiro atoms. The quantitative estimate of drug-likeness (QED) is 0.435. The molecule has 0 radical (unpaired) electrons. The fourth-order valence-corrected chi connectivity index (χ4v) is 2.36. The molecule has 0 aliphatic heterocycles. The lowest BCUT2D eigenvalue weighted by atomic mass is 10.2. The summed E-state index contributed by atoms with van der Waals surface area (Å²) in [6.07, 6.45) is -4.95. The van der Waals surface area contributed by atoms with E-state index in [0.717, 1.165) is 13.1 Å². The lowest BCUT2D eigenvalue weighted by Crippen LogP contribution is -2.41. The van der Waals surface area contributed by atoms with E-state index < -0.39 is 46.1 Å². The summed E-state index contributed by atoms with van der Waals surface area (Å²) in [7, 11) is 0.772. The fraction of sp³-hybridized carbons (Fsp3) is 0.167. The number of aromatic hydroxyl groups is 1. The molecule has 0 atom stereocenters. The third-order valence-corrected chi connectivity index (χ3v) is 3.65. The molecular weight excluding hydrogens is 390 g/mol. The first kappa shape index (κ1) is 17.1. The van der Waals surface area contributed by atoms with Crippen LogP contribution in [-0.2, 0) is 13.2 Å². The van der Waals surface area contributed by atoms with Gasteiger partial charge in [0.1, 0.15) is 17.1 Å². The highest BCUT2D eigenvalue weighted by atomic mass is 79.9. The van der Waals surface area contributed by atoms with Crippen molar-refractivity contribution in [1.29, 1.82) is 0 Å². The van der Waals surface area contributed by atoms with Crippen molar-refractivity contribution in [3.8, 4) is 11.4 Å². The van der Waals surface area contributed by atoms with Gasteiger partial charge in [0.25, 0.3) is 5.56 Å². The van der Waals surface area contributed by atoms with E-state index in [-0.39, 0.29) is 19.7 Å². The molecule has 2 rings (SSSR count). The molecule has 0 amide bonds. The van der Waals surface area contributed by atoms with Gasteiger partial charge in [-0.2, -0.15) is 13.2 Å². The van der Waals surface area contributed by atoms with Crippen LogP contribution in [0.15, 0.2) is 26.2 Å². The van der Waals surface area contributed by atoms with Crippen LogP contribution in [0.5, 0.6) is 5.75 Å². The number of benzene rings is 1. The Bertz CT molecular complexity index is 918. The topological polar surface area (TPSA) is 90.2 Å². The first-order valence-electron chi connectivity index (χ1n) is 5.84. The number of hydrogen-bond acceptors (Lipinski definition) is 4. The van der Waals surface area contributed by atoms with E-state index in [1.807, 2.05) is 0 Å². The summed E-state index contributed by atoms with van der Waals surface area (Å²) in [5.41, 5.74) is -0.416. The number of nitrogens with two attached hydrogens (primary N) is 1. The second kappa shape index (κ2) is 5.41. The number of aromatic nitrogens is 2. The molecule has 0 saturated heterocycles. The van der Waals surface area contributed by atoms with Gasteiger partial charge >= 0.3 is 11.9 Å². The van der Waals surface area contributed by atoms with Crippen LogP contribution < -0.4 is 17.0 Å². The molecular formula is C12H8BrF4N3O3. The van der Waals surface area contributed by atoms with Crippen molar-refractivity contribution in [2.45, 2.75) is 6.18 Å². The van der Waals surface area contributed by atoms with Crippen LogP contribution in [0.2, 0.25) is 0 Å². The molecule has 0 bridgehead atoms. The van der Waals surface area contributed by atoms with Gasteiger partial charge in [0.15, 0.2) is 11.6 Å². The normalized spacial score (nSPS) is 11.7. The molecule has 0 fully saturated rings. The third-order valence-electron chi connectivity index (χ3n) is 3.05. The molecule has 3 N–H and O–H groups in total. The maximum absolute atomic E-state index is 14.1. The van der Waals surface area contributed by atoms with Crippen molar-refractivity contribution in [1.82, 2.24) is 9.13 Å². The van der Waals surface area contributed by atoms with Crippen LogP contribution in [0.4, 0.5) is 23.2 Å². The Kier molecular flexibility index (Phi) is 4.01. The van der Waals surface area contributed by atoms with Crippen molar-refractivity contribution in [3.63, 3.8) is 0 Å². The predicted molar refractivity (Wildman–Crippen MR) is 76.0 cm³/mol. The second-order valence-corrected chi connectivity index (χ2v) is 5.35. The van der Waals surface area contributed by atoms with Gasteiger partial charge in [-0.05, 0) is 22.0 Å². The Morgan fingerprint density at radius 2 is 1.83 bits per heavy atom. The lowest BCUT2D eigenvalue weighted by molar-refractivity contribution is -0.144. The Hall–Kier alpha value is -2.30. The van der Waals surface area contributed by atoms with Crippen LogP contribution in [0.25, 0.3) is 5.69 Å². The number of halogens is 5.